The van der Waals surface area contributed by atoms with Crippen LogP contribution < -0.4 is 15.5 Å². The van der Waals surface area contributed by atoms with E-state index in [1.165, 1.54) is 0 Å². The Labute approximate surface area is 182 Å². The van der Waals surface area contributed by atoms with Gasteiger partial charge in [-0.15, -0.1) is 5.10 Å². The van der Waals surface area contributed by atoms with Gasteiger partial charge in [-0.3, -0.25) is 4.90 Å². The van der Waals surface area contributed by atoms with Crippen LogP contribution in [0.25, 0.3) is 0 Å². The van der Waals surface area contributed by atoms with Crippen LogP contribution >= 0.6 is 11.6 Å². The molecule has 0 saturated heterocycles. The zero-order valence-electron chi connectivity index (χ0n) is 17.7. The van der Waals surface area contributed by atoms with Gasteiger partial charge in [-0.05, 0) is 45.9 Å². The summed E-state index contributed by atoms with van der Waals surface area (Å²) in [6.07, 6.45) is 0.401. The van der Waals surface area contributed by atoms with Gasteiger partial charge in [0, 0.05) is 19.2 Å². The highest BCUT2D eigenvalue weighted by Gasteiger charge is 2.31. The molecule has 30 heavy (non-hydrogen) atoms. The molecule has 2 aromatic rings. The van der Waals surface area contributed by atoms with E-state index in [1.807, 2.05) is 58.9 Å². The van der Waals surface area contributed by atoms with Gasteiger partial charge in [-0.1, -0.05) is 29.8 Å². The standard InChI is InChI=1S/C20H26ClN5O2.CH2O/c1-20(2,3)28-19(27)26-10-9-14(13-7-5-6-8-17(13)26)23-15-11-18(21)25-24-16(15)12-22-4;1-2/h5-8,11,14,22H,9-10,12H2,1-4H3,(H,23,25);1H2. The van der Waals surface area contributed by atoms with E-state index < -0.39 is 5.60 Å². The van der Waals surface area contributed by atoms with Crippen molar-refractivity contribution in [1.29, 1.82) is 0 Å². The molecule has 0 aliphatic carbocycles. The third-order valence-corrected chi connectivity index (χ3v) is 4.56. The van der Waals surface area contributed by atoms with Crippen molar-refractivity contribution >= 4 is 35.9 Å². The molecule has 1 amide bonds. The Morgan fingerprint density at radius 1 is 1.30 bits per heavy atom. The zero-order chi connectivity index (χ0) is 22.3. The van der Waals surface area contributed by atoms with E-state index >= 15 is 0 Å². The number of fused-ring (bicyclic) bond motifs is 1. The molecule has 1 aromatic carbocycles. The average molecular weight is 434 g/mol. The number of benzene rings is 1. The van der Waals surface area contributed by atoms with Gasteiger partial charge in [-0.25, -0.2) is 4.79 Å². The Bertz CT molecular complexity index is 872. The molecule has 3 rings (SSSR count). The first-order valence-corrected chi connectivity index (χ1v) is 9.98. The second kappa shape index (κ2) is 10.4. The maximum atomic E-state index is 12.7. The number of rotatable bonds is 4. The number of para-hydroxylation sites is 1. The first kappa shape index (κ1) is 23.6. The number of carbonyl (C=O) groups is 2. The van der Waals surface area contributed by atoms with Crippen molar-refractivity contribution < 1.29 is 14.3 Å². The van der Waals surface area contributed by atoms with Crippen molar-refractivity contribution in [3.8, 4) is 0 Å². The van der Waals surface area contributed by atoms with Crippen molar-refractivity contribution in [2.75, 3.05) is 23.8 Å². The third kappa shape index (κ3) is 5.90. The van der Waals surface area contributed by atoms with Crippen molar-refractivity contribution in [2.24, 2.45) is 0 Å². The summed E-state index contributed by atoms with van der Waals surface area (Å²) < 4.78 is 5.58. The average Bonchev–Trinajstić information content (AvgIpc) is 2.70. The highest BCUT2D eigenvalue weighted by atomic mass is 35.5. The SMILES string of the molecule is C=O.CNCc1nnc(Cl)cc1NC1CCN(C(=O)OC(C)(C)C)c2ccccc21. The van der Waals surface area contributed by atoms with E-state index in [2.05, 4.69) is 20.8 Å². The maximum absolute atomic E-state index is 12.7. The van der Waals surface area contributed by atoms with Crippen molar-refractivity contribution in [3.63, 3.8) is 0 Å². The van der Waals surface area contributed by atoms with E-state index in [0.717, 1.165) is 29.1 Å². The quantitative estimate of drug-likeness (QED) is 0.753. The zero-order valence-corrected chi connectivity index (χ0v) is 18.5. The first-order chi connectivity index (χ1) is 14.3. The van der Waals surface area contributed by atoms with Crippen molar-refractivity contribution in [1.82, 2.24) is 15.5 Å². The lowest BCUT2D eigenvalue weighted by Crippen LogP contribution is -2.41. The Morgan fingerprint density at radius 2 is 2.00 bits per heavy atom. The summed E-state index contributed by atoms with van der Waals surface area (Å²) in [7, 11) is 1.86. The van der Waals surface area contributed by atoms with E-state index in [-0.39, 0.29) is 12.1 Å². The Morgan fingerprint density at radius 3 is 2.67 bits per heavy atom. The number of amides is 1. The molecule has 1 atom stereocenters. The van der Waals surface area contributed by atoms with E-state index in [0.29, 0.717) is 18.2 Å². The van der Waals surface area contributed by atoms with Crippen LogP contribution in [-0.2, 0) is 16.1 Å². The number of halogens is 1. The van der Waals surface area contributed by atoms with Crippen LogP contribution in [0.4, 0.5) is 16.2 Å². The summed E-state index contributed by atoms with van der Waals surface area (Å²) in [4.78, 5) is 22.4. The Hall–Kier alpha value is -2.71. The summed E-state index contributed by atoms with van der Waals surface area (Å²) in [5, 5.41) is 15.1. The second-order valence-corrected chi connectivity index (χ2v) is 8.12. The Balaban J connectivity index is 0.00000155. The van der Waals surface area contributed by atoms with E-state index in [4.69, 9.17) is 21.1 Å². The van der Waals surface area contributed by atoms with Crippen LogP contribution in [0.1, 0.15) is 44.5 Å². The topological polar surface area (TPSA) is 96.5 Å². The molecule has 8 nitrogen and oxygen atoms in total. The van der Waals surface area contributed by atoms with Crippen LogP contribution in [0.2, 0.25) is 5.15 Å². The summed E-state index contributed by atoms with van der Waals surface area (Å²) >= 11 is 6.06. The number of hydrogen-bond donors (Lipinski definition) is 2. The molecule has 0 spiro atoms. The van der Waals surface area contributed by atoms with Crippen molar-refractivity contribution in [3.05, 3.63) is 46.7 Å². The van der Waals surface area contributed by atoms with Gasteiger partial charge in [-0.2, -0.15) is 5.10 Å². The minimum atomic E-state index is -0.539. The largest absolute Gasteiger partial charge is 0.443 e. The lowest BCUT2D eigenvalue weighted by molar-refractivity contribution is -0.0980. The fourth-order valence-electron chi connectivity index (χ4n) is 3.22. The molecule has 1 aromatic heterocycles. The van der Waals surface area contributed by atoms with Crippen LogP contribution in [0.3, 0.4) is 0 Å². The smallest absolute Gasteiger partial charge is 0.414 e. The number of nitrogens with zero attached hydrogens (tertiary/aromatic N) is 3. The van der Waals surface area contributed by atoms with Crippen LogP contribution in [0, 0.1) is 0 Å². The number of ether oxygens (including phenoxy) is 1. The van der Waals surface area contributed by atoms with E-state index in [9.17, 15) is 4.79 Å². The number of anilines is 2. The molecule has 1 aliphatic rings. The summed E-state index contributed by atoms with van der Waals surface area (Å²) in [5.41, 5.74) is 2.97. The minimum Gasteiger partial charge on any atom is -0.443 e. The monoisotopic (exact) mass is 433 g/mol. The number of hydrogen-bond acceptors (Lipinski definition) is 7. The summed E-state index contributed by atoms with van der Waals surface area (Å²) in [6.45, 7) is 8.74. The molecule has 0 saturated carbocycles. The number of nitrogens with one attached hydrogen (secondary N) is 2. The molecule has 162 valence electrons. The lowest BCUT2D eigenvalue weighted by Gasteiger charge is -2.36. The molecule has 2 heterocycles. The van der Waals surface area contributed by atoms with Gasteiger partial charge in [0.15, 0.2) is 5.15 Å². The first-order valence-electron chi connectivity index (χ1n) is 9.60. The number of carbonyl (C=O) groups excluding carboxylic acids is 2. The van der Waals surface area contributed by atoms with E-state index in [1.54, 1.807) is 11.0 Å². The molecular formula is C21H28ClN5O3. The fraction of sp³-hybridized carbons (Fsp3) is 0.429. The normalized spacial score (nSPS) is 15.5. The van der Waals surface area contributed by atoms with Gasteiger partial charge in [0.25, 0.3) is 0 Å². The molecule has 0 radical (unpaired) electrons. The molecule has 0 fully saturated rings. The lowest BCUT2D eigenvalue weighted by atomic mass is 9.96. The fourth-order valence-corrected chi connectivity index (χ4v) is 3.37. The summed E-state index contributed by atoms with van der Waals surface area (Å²) in [6, 6.07) is 9.67. The second-order valence-electron chi connectivity index (χ2n) is 7.73. The van der Waals surface area contributed by atoms with Crippen LogP contribution in [0.15, 0.2) is 30.3 Å². The molecule has 0 bridgehead atoms. The van der Waals surface area contributed by atoms with Gasteiger partial charge < -0.3 is 20.2 Å². The maximum Gasteiger partial charge on any atom is 0.414 e. The number of aromatic nitrogens is 2. The van der Waals surface area contributed by atoms with Crippen LogP contribution in [0.5, 0.6) is 0 Å². The highest BCUT2D eigenvalue weighted by molar-refractivity contribution is 6.29. The summed E-state index contributed by atoms with van der Waals surface area (Å²) in [5.74, 6) is 0. The van der Waals surface area contributed by atoms with Gasteiger partial charge >= 0.3 is 6.09 Å². The predicted octanol–water partition coefficient (Wildman–Crippen LogP) is 3.96. The molecule has 9 heteroatoms. The predicted molar refractivity (Wildman–Crippen MR) is 118 cm³/mol. The third-order valence-electron chi connectivity index (χ3n) is 4.37. The van der Waals surface area contributed by atoms with Gasteiger partial charge in [0.1, 0.15) is 18.1 Å². The van der Waals surface area contributed by atoms with Crippen LogP contribution in [-0.4, -0.2) is 42.3 Å². The molecule has 2 N–H and O–H groups in total. The van der Waals surface area contributed by atoms with Gasteiger partial charge in [0.2, 0.25) is 0 Å². The molecular weight excluding hydrogens is 406 g/mol. The highest BCUT2D eigenvalue weighted by Crippen LogP contribution is 2.37. The van der Waals surface area contributed by atoms with Gasteiger partial charge in [0.05, 0.1) is 17.4 Å². The minimum absolute atomic E-state index is 0.0192. The molecule has 1 aliphatic heterocycles. The van der Waals surface area contributed by atoms with Crippen molar-refractivity contribution in [2.45, 2.75) is 45.4 Å². The molecule has 1 unspecified atom stereocenters. The Kier molecular flexibility index (Phi) is 8.14.